The van der Waals surface area contributed by atoms with Gasteiger partial charge in [0, 0.05) is 4.90 Å². The van der Waals surface area contributed by atoms with Crippen LogP contribution in [-0.4, -0.2) is 26.4 Å². The maximum absolute atomic E-state index is 9.39. The van der Waals surface area contributed by atoms with E-state index in [0.29, 0.717) is 5.69 Å². The number of hydrogen-bond donors (Lipinski definition) is 1. The molecule has 1 aromatic heterocycles. The molecule has 1 unspecified atom stereocenters. The van der Waals surface area contributed by atoms with Gasteiger partial charge >= 0.3 is 0 Å². The first kappa shape index (κ1) is 11.2. The molecular weight excluding hydrogens is 222 g/mol. The number of hydrogen-bond acceptors (Lipinski definition) is 4. The molecular formula is C11H13N3OS. The van der Waals surface area contributed by atoms with Crippen molar-refractivity contribution in [2.24, 2.45) is 0 Å². The van der Waals surface area contributed by atoms with Crippen LogP contribution in [0.25, 0.3) is 5.69 Å². The number of aromatic nitrogens is 3. The van der Waals surface area contributed by atoms with Crippen molar-refractivity contribution in [3.63, 3.8) is 0 Å². The van der Waals surface area contributed by atoms with Crippen LogP contribution < -0.4 is 0 Å². The smallest absolute Gasteiger partial charge is 0.111 e. The minimum Gasteiger partial charge on any atom is -0.387 e. The number of benzene rings is 1. The molecule has 0 fully saturated rings. The molecule has 2 rings (SSSR count). The predicted molar refractivity (Wildman–Crippen MR) is 63.8 cm³/mol. The van der Waals surface area contributed by atoms with E-state index >= 15 is 0 Å². The fourth-order valence-electron chi connectivity index (χ4n) is 1.40. The first-order chi connectivity index (χ1) is 7.72. The Labute approximate surface area is 98.3 Å². The normalized spacial score (nSPS) is 12.7. The van der Waals surface area contributed by atoms with Crippen LogP contribution in [-0.2, 0) is 0 Å². The summed E-state index contributed by atoms with van der Waals surface area (Å²) in [7, 11) is 0. The molecule has 0 radical (unpaired) electrons. The highest BCUT2D eigenvalue weighted by atomic mass is 32.2. The van der Waals surface area contributed by atoms with Crippen molar-refractivity contribution in [3.8, 4) is 5.69 Å². The van der Waals surface area contributed by atoms with Crippen molar-refractivity contribution in [2.45, 2.75) is 17.9 Å². The first-order valence-electron chi connectivity index (χ1n) is 4.96. The fraction of sp³-hybridized carbons (Fsp3) is 0.273. The summed E-state index contributed by atoms with van der Waals surface area (Å²) in [5.41, 5.74) is 1.56. The number of thioether (sulfide) groups is 1. The minimum absolute atomic E-state index is 0.580. The van der Waals surface area contributed by atoms with Gasteiger partial charge < -0.3 is 5.11 Å². The summed E-state index contributed by atoms with van der Waals surface area (Å²) in [5, 5.41) is 17.3. The number of para-hydroxylation sites is 1. The maximum Gasteiger partial charge on any atom is 0.111 e. The number of rotatable bonds is 3. The van der Waals surface area contributed by atoms with Gasteiger partial charge in [-0.25, -0.2) is 4.68 Å². The standard InChI is InChI=1S/C11H13N3OS/c1-8(15)9-7-14(13-12-9)10-5-3-4-6-11(10)16-2/h3-8,15H,1-2H3. The van der Waals surface area contributed by atoms with Crippen LogP contribution in [0.5, 0.6) is 0 Å². The molecule has 1 heterocycles. The highest BCUT2D eigenvalue weighted by Crippen LogP contribution is 2.23. The van der Waals surface area contributed by atoms with Gasteiger partial charge in [0.2, 0.25) is 0 Å². The van der Waals surface area contributed by atoms with Crippen molar-refractivity contribution in [1.82, 2.24) is 15.0 Å². The Kier molecular flexibility index (Phi) is 3.26. The summed E-state index contributed by atoms with van der Waals surface area (Å²) in [6.45, 7) is 1.68. The van der Waals surface area contributed by atoms with Crippen LogP contribution in [0.1, 0.15) is 18.7 Å². The lowest BCUT2D eigenvalue weighted by molar-refractivity contribution is 0.194. The van der Waals surface area contributed by atoms with Gasteiger partial charge in [0.15, 0.2) is 0 Å². The van der Waals surface area contributed by atoms with Gasteiger partial charge in [0.05, 0.1) is 18.0 Å². The Bertz CT molecular complexity index is 482. The quantitative estimate of drug-likeness (QED) is 0.827. The summed E-state index contributed by atoms with van der Waals surface area (Å²) >= 11 is 1.66. The van der Waals surface area contributed by atoms with Gasteiger partial charge in [-0.3, -0.25) is 0 Å². The van der Waals surface area contributed by atoms with E-state index in [9.17, 15) is 5.11 Å². The van der Waals surface area contributed by atoms with Gasteiger partial charge in [-0.1, -0.05) is 17.3 Å². The zero-order valence-corrected chi connectivity index (χ0v) is 9.98. The van der Waals surface area contributed by atoms with Crippen LogP contribution in [0.4, 0.5) is 0 Å². The molecule has 5 heteroatoms. The van der Waals surface area contributed by atoms with E-state index in [1.54, 1.807) is 29.6 Å². The van der Waals surface area contributed by atoms with Gasteiger partial charge in [0.1, 0.15) is 5.69 Å². The zero-order chi connectivity index (χ0) is 11.5. The minimum atomic E-state index is -0.588. The van der Waals surface area contributed by atoms with Gasteiger partial charge in [-0.15, -0.1) is 16.9 Å². The molecule has 4 nitrogen and oxygen atoms in total. The molecule has 16 heavy (non-hydrogen) atoms. The van der Waals surface area contributed by atoms with Crippen LogP contribution in [0.3, 0.4) is 0 Å². The molecule has 0 amide bonds. The van der Waals surface area contributed by atoms with Crippen molar-refractivity contribution in [1.29, 1.82) is 0 Å². The topological polar surface area (TPSA) is 50.9 Å². The summed E-state index contributed by atoms with van der Waals surface area (Å²) < 4.78 is 1.69. The van der Waals surface area contributed by atoms with Crippen molar-refractivity contribution >= 4 is 11.8 Å². The maximum atomic E-state index is 9.39. The highest BCUT2D eigenvalue weighted by molar-refractivity contribution is 7.98. The van der Waals surface area contributed by atoms with E-state index in [4.69, 9.17) is 0 Å². The molecule has 84 valence electrons. The van der Waals surface area contributed by atoms with Gasteiger partial charge in [-0.05, 0) is 25.3 Å². The first-order valence-corrected chi connectivity index (χ1v) is 6.18. The van der Waals surface area contributed by atoms with E-state index in [2.05, 4.69) is 10.3 Å². The lowest BCUT2D eigenvalue weighted by Gasteiger charge is -2.05. The van der Waals surface area contributed by atoms with Crippen molar-refractivity contribution < 1.29 is 5.11 Å². The molecule has 0 bridgehead atoms. The Balaban J connectivity index is 2.42. The second-order valence-electron chi connectivity index (χ2n) is 3.44. The average Bonchev–Trinajstić information content (AvgIpc) is 2.78. The Morgan fingerprint density at radius 2 is 2.12 bits per heavy atom. The Morgan fingerprint density at radius 3 is 2.75 bits per heavy atom. The van der Waals surface area contributed by atoms with E-state index in [0.717, 1.165) is 10.6 Å². The zero-order valence-electron chi connectivity index (χ0n) is 9.16. The summed E-state index contributed by atoms with van der Waals surface area (Å²) in [6.07, 6.45) is 3.18. The SMILES string of the molecule is CSc1ccccc1-n1cc(C(C)O)nn1. The summed E-state index contributed by atoms with van der Waals surface area (Å²) in [4.78, 5) is 1.13. The monoisotopic (exact) mass is 235 g/mol. The molecule has 0 aliphatic heterocycles. The van der Waals surface area contributed by atoms with Crippen LogP contribution >= 0.6 is 11.8 Å². The largest absolute Gasteiger partial charge is 0.387 e. The third kappa shape index (κ3) is 2.10. The van der Waals surface area contributed by atoms with E-state index in [1.807, 2.05) is 30.5 Å². The molecule has 0 saturated carbocycles. The van der Waals surface area contributed by atoms with E-state index in [-0.39, 0.29) is 0 Å². The summed E-state index contributed by atoms with van der Waals surface area (Å²) in [6, 6.07) is 7.96. The lowest BCUT2D eigenvalue weighted by atomic mass is 10.3. The second kappa shape index (κ2) is 4.67. The van der Waals surface area contributed by atoms with Crippen LogP contribution in [0, 0.1) is 0 Å². The Morgan fingerprint density at radius 1 is 1.38 bits per heavy atom. The third-order valence-corrected chi connectivity index (χ3v) is 3.06. The van der Waals surface area contributed by atoms with Crippen LogP contribution in [0.15, 0.2) is 35.4 Å². The molecule has 1 aromatic carbocycles. The Hall–Kier alpha value is -1.33. The second-order valence-corrected chi connectivity index (χ2v) is 4.28. The predicted octanol–water partition coefficient (Wildman–Crippen LogP) is 2.04. The van der Waals surface area contributed by atoms with Gasteiger partial charge in [0.25, 0.3) is 0 Å². The number of aliphatic hydroxyl groups excluding tert-OH is 1. The van der Waals surface area contributed by atoms with E-state index in [1.165, 1.54) is 0 Å². The van der Waals surface area contributed by atoms with Crippen molar-refractivity contribution in [3.05, 3.63) is 36.2 Å². The molecule has 0 saturated heterocycles. The number of aliphatic hydroxyl groups is 1. The molecule has 1 N–H and O–H groups in total. The highest BCUT2D eigenvalue weighted by Gasteiger charge is 2.09. The van der Waals surface area contributed by atoms with Crippen molar-refractivity contribution in [2.75, 3.05) is 6.26 Å². The van der Waals surface area contributed by atoms with Crippen LogP contribution in [0.2, 0.25) is 0 Å². The molecule has 0 spiro atoms. The lowest BCUT2D eigenvalue weighted by Crippen LogP contribution is -1.96. The van der Waals surface area contributed by atoms with E-state index < -0.39 is 6.10 Å². The third-order valence-electron chi connectivity index (χ3n) is 2.27. The molecule has 0 aliphatic rings. The molecule has 2 aromatic rings. The fourth-order valence-corrected chi connectivity index (χ4v) is 1.99. The number of nitrogens with zero attached hydrogens (tertiary/aromatic N) is 3. The van der Waals surface area contributed by atoms with Gasteiger partial charge in [-0.2, -0.15) is 0 Å². The molecule has 1 atom stereocenters. The molecule has 0 aliphatic carbocycles. The summed E-state index contributed by atoms with van der Waals surface area (Å²) in [5.74, 6) is 0. The average molecular weight is 235 g/mol.